The molecule has 6 heteroatoms. The fourth-order valence-electron chi connectivity index (χ4n) is 0.825. The maximum absolute atomic E-state index is 10.1. The first-order valence-electron chi connectivity index (χ1n) is 4.25. The predicted molar refractivity (Wildman–Crippen MR) is 48.8 cm³/mol. The third-order valence-electron chi connectivity index (χ3n) is 1.16. The molecule has 0 unspecified atom stereocenters. The molecule has 0 N–H and O–H groups in total. The lowest BCUT2D eigenvalue weighted by Crippen LogP contribution is -2.44. The van der Waals surface area contributed by atoms with E-state index in [2.05, 4.69) is 4.66 Å². The molecule has 0 fully saturated rings. The minimum atomic E-state index is -3.09. The van der Waals surface area contributed by atoms with Crippen molar-refractivity contribution in [1.29, 1.82) is 0 Å². The van der Waals surface area contributed by atoms with Crippen LogP contribution in [0.2, 0.25) is 0 Å². The Morgan fingerprint density at radius 1 is 1.08 bits per heavy atom. The molecule has 0 rings (SSSR count). The van der Waals surface area contributed by atoms with Crippen molar-refractivity contribution in [2.24, 2.45) is 4.66 Å². The number of hydrogen-bond acceptors (Lipinski definition) is 5. The van der Waals surface area contributed by atoms with Crippen LogP contribution in [-0.4, -0.2) is 34.9 Å². The van der Waals surface area contributed by atoms with E-state index in [1.165, 1.54) is 6.08 Å². The van der Waals surface area contributed by atoms with Crippen molar-refractivity contribution in [3.05, 3.63) is 0 Å². The smallest absolute Gasteiger partial charge is 0.355 e. The lowest BCUT2D eigenvalue weighted by molar-refractivity contribution is 0.0731. The topological polar surface area (TPSA) is 57.1 Å². The van der Waals surface area contributed by atoms with Gasteiger partial charge in [0.25, 0.3) is 0 Å². The van der Waals surface area contributed by atoms with E-state index in [-0.39, 0.29) is 0 Å². The van der Waals surface area contributed by atoms with Crippen molar-refractivity contribution < 1.29 is 18.1 Å². The monoisotopic (exact) mass is 205 g/mol. The van der Waals surface area contributed by atoms with Crippen LogP contribution in [0.25, 0.3) is 0 Å². The van der Waals surface area contributed by atoms with Crippen LogP contribution in [-0.2, 0) is 18.1 Å². The van der Waals surface area contributed by atoms with Gasteiger partial charge in [0, 0.05) is 19.8 Å². The van der Waals surface area contributed by atoms with E-state index in [4.69, 9.17) is 13.3 Å². The molecule has 0 aliphatic heterocycles. The Bertz CT molecular complexity index is 164. The van der Waals surface area contributed by atoms with Gasteiger partial charge >= 0.3 is 8.97 Å². The first kappa shape index (κ1) is 12.5. The molecule has 0 amide bonds. The Hall–Kier alpha value is -0.523. The van der Waals surface area contributed by atoms with Crippen LogP contribution < -0.4 is 0 Å². The molecule has 0 bridgehead atoms. The molecule has 0 saturated carbocycles. The fourth-order valence-corrected chi connectivity index (χ4v) is 2.47. The molecular formula is C7H15NO4Si. The van der Waals surface area contributed by atoms with Crippen LogP contribution in [0.4, 0.5) is 0 Å². The zero-order valence-electron chi connectivity index (χ0n) is 8.20. The first-order valence-corrected chi connectivity index (χ1v) is 5.92. The fraction of sp³-hybridized carbons (Fsp3) is 0.857. The van der Waals surface area contributed by atoms with E-state index in [1.807, 2.05) is 0 Å². The SMILES string of the molecule is CCO[Si](N=C=O)(OCC)OCC. The lowest BCUT2D eigenvalue weighted by Gasteiger charge is -2.21. The van der Waals surface area contributed by atoms with Gasteiger partial charge in [0.2, 0.25) is 6.08 Å². The Kier molecular flexibility index (Phi) is 6.66. The molecule has 0 aliphatic carbocycles. The van der Waals surface area contributed by atoms with Crippen LogP contribution >= 0.6 is 0 Å². The average molecular weight is 205 g/mol. The predicted octanol–water partition coefficient (Wildman–Crippen LogP) is 0.867. The van der Waals surface area contributed by atoms with Gasteiger partial charge in [0.15, 0.2) is 0 Å². The van der Waals surface area contributed by atoms with Crippen molar-refractivity contribution in [3.8, 4) is 0 Å². The molecule has 0 aromatic heterocycles. The van der Waals surface area contributed by atoms with Crippen LogP contribution in [0, 0.1) is 0 Å². The van der Waals surface area contributed by atoms with E-state index in [9.17, 15) is 4.79 Å². The standard InChI is InChI=1S/C7H15NO4Si/c1-4-10-13(8-7-9,11-5-2)12-6-3/h4-6H2,1-3H3. The van der Waals surface area contributed by atoms with E-state index in [0.29, 0.717) is 19.8 Å². The van der Waals surface area contributed by atoms with E-state index in [1.54, 1.807) is 20.8 Å². The van der Waals surface area contributed by atoms with Crippen molar-refractivity contribution in [2.75, 3.05) is 19.8 Å². The second kappa shape index (κ2) is 6.94. The van der Waals surface area contributed by atoms with Gasteiger partial charge in [0.05, 0.1) is 0 Å². The molecule has 0 aromatic rings. The van der Waals surface area contributed by atoms with Gasteiger partial charge in [-0.3, -0.25) is 0 Å². The number of nitrogens with zero attached hydrogens (tertiary/aromatic N) is 1. The molecule has 76 valence electrons. The van der Waals surface area contributed by atoms with Crippen LogP contribution in [0.1, 0.15) is 20.8 Å². The molecule has 5 nitrogen and oxygen atoms in total. The van der Waals surface area contributed by atoms with Gasteiger partial charge in [-0.05, 0) is 20.8 Å². The normalized spacial score (nSPS) is 11.0. The molecule has 0 atom stereocenters. The first-order chi connectivity index (χ1) is 6.24. The van der Waals surface area contributed by atoms with Crippen molar-refractivity contribution in [2.45, 2.75) is 20.8 Å². The van der Waals surface area contributed by atoms with Gasteiger partial charge in [0.1, 0.15) is 0 Å². The number of hydrogen-bond donors (Lipinski definition) is 0. The summed E-state index contributed by atoms with van der Waals surface area (Å²) in [6, 6.07) is 0. The summed E-state index contributed by atoms with van der Waals surface area (Å²) in [5.41, 5.74) is 0. The van der Waals surface area contributed by atoms with Crippen LogP contribution in [0.3, 0.4) is 0 Å². The number of isocyanates is 1. The highest BCUT2D eigenvalue weighted by Gasteiger charge is 2.42. The molecule has 0 saturated heterocycles. The highest BCUT2D eigenvalue weighted by Crippen LogP contribution is 2.10. The summed E-state index contributed by atoms with van der Waals surface area (Å²) in [5, 5.41) is 0. The van der Waals surface area contributed by atoms with Gasteiger partial charge in [-0.25, -0.2) is 4.79 Å². The maximum atomic E-state index is 10.1. The number of carbonyl (C=O) groups excluding carboxylic acids is 1. The zero-order valence-corrected chi connectivity index (χ0v) is 9.20. The minimum absolute atomic E-state index is 0.400. The molecule has 0 aromatic carbocycles. The number of rotatable bonds is 7. The van der Waals surface area contributed by atoms with Crippen molar-refractivity contribution in [3.63, 3.8) is 0 Å². The summed E-state index contributed by atoms with van der Waals surface area (Å²) < 4.78 is 19.1. The highest BCUT2D eigenvalue weighted by atomic mass is 28.4. The van der Waals surface area contributed by atoms with Crippen molar-refractivity contribution in [1.82, 2.24) is 0 Å². The van der Waals surface area contributed by atoms with Crippen LogP contribution in [0.5, 0.6) is 0 Å². The van der Waals surface area contributed by atoms with Crippen molar-refractivity contribution >= 4 is 15.0 Å². The average Bonchev–Trinajstić information content (AvgIpc) is 2.06. The molecular weight excluding hydrogens is 190 g/mol. The third-order valence-corrected chi connectivity index (χ3v) is 3.49. The molecule has 0 spiro atoms. The maximum Gasteiger partial charge on any atom is 0.663 e. The Balaban J connectivity index is 4.46. The highest BCUT2D eigenvalue weighted by molar-refractivity contribution is 6.59. The minimum Gasteiger partial charge on any atom is -0.355 e. The lowest BCUT2D eigenvalue weighted by atomic mass is 10.9. The summed E-state index contributed by atoms with van der Waals surface area (Å²) in [6.07, 6.45) is 1.42. The van der Waals surface area contributed by atoms with Gasteiger partial charge in [-0.15, -0.1) is 0 Å². The van der Waals surface area contributed by atoms with Crippen LogP contribution in [0.15, 0.2) is 4.66 Å². The van der Waals surface area contributed by atoms with E-state index in [0.717, 1.165) is 0 Å². The van der Waals surface area contributed by atoms with E-state index >= 15 is 0 Å². The second-order valence-corrected chi connectivity index (χ2v) is 4.16. The Morgan fingerprint density at radius 2 is 1.46 bits per heavy atom. The second-order valence-electron chi connectivity index (χ2n) is 2.03. The summed E-state index contributed by atoms with van der Waals surface area (Å²) in [7, 11) is -3.09. The van der Waals surface area contributed by atoms with Gasteiger partial charge in [-0.2, -0.15) is 4.66 Å². The third kappa shape index (κ3) is 4.30. The largest absolute Gasteiger partial charge is 0.663 e. The molecule has 0 heterocycles. The summed E-state index contributed by atoms with van der Waals surface area (Å²) in [5.74, 6) is 0. The van der Waals surface area contributed by atoms with Gasteiger partial charge in [-0.1, -0.05) is 0 Å². The molecule has 0 aliphatic rings. The summed E-state index contributed by atoms with van der Waals surface area (Å²) in [4.78, 5) is 10.1. The zero-order chi connectivity index (χ0) is 10.2. The Labute approximate surface area is 79.2 Å². The summed E-state index contributed by atoms with van der Waals surface area (Å²) >= 11 is 0. The Morgan fingerprint density at radius 3 is 1.69 bits per heavy atom. The van der Waals surface area contributed by atoms with E-state index < -0.39 is 8.97 Å². The molecule has 13 heavy (non-hydrogen) atoms. The quantitative estimate of drug-likeness (QED) is 0.351. The van der Waals surface area contributed by atoms with Gasteiger partial charge < -0.3 is 13.3 Å². The molecule has 0 radical (unpaired) electrons. The summed E-state index contributed by atoms with van der Waals surface area (Å²) in [6.45, 7) is 6.58.